The predicted molar refractivity (Wildman–Crippen MR) is 51.6 cm³/mol. The van der Waals surface area contributed by atoms with Gasteiger partial charge in [0.15, 0.2) is 0 Å². The molecule has 4 N–H and O–H groups in total. The monoisotopic (exact) mass is 213 g/mol. The largest absolute Gasteiger partial charge is 0.480 e. The quantitative estimate of drug-likeness (QED) is 0.686. The van der Waals surface area contributed by atoms with Crippen LogP contribution in [0.3, 0.4) is 0 Å². The summed E-state index contributed by atoms with van der Waals surface area (Å²) in [6, 6.07) is 4.21. The first-order valence-corrected chi connectivity index (χ1v) is 4.42. The first-order valence-electron chi connectivity index (χ1n) is 4.42. The van der Waals surface area contributed by atoms with Crippen molar-refractivity contribution in [3.8, 4) is 0 Å². The lowest BCUT2D eigenvalue weighted by atomic mass is 10.0. The van der Waals surface area contributed by atoms with E-state index in [-0.39, 0.29) is 6.42 Å². The minimum Gasteiger partial charge on any atom is -0.480 e. The van der Waals surface area contributed by atoms with Crippen molar-refractivity contribution in [1.82, 2.24) is 0 Å². The summed E-state index contributed by atoms with van der Waals surface area (Å²) in [7, 11) is 0. The van der Waals surface area contributed by atoms with Crippen LogP contribution in [-0.2, 0) is 4.79 Å². The van der Waals surface area contributed by atoms with E-state index in [4.69, 9.17) is 10.8 Å². The SMILES string of the molecule is NC(CC(O)c1cccc(F)c1)C(=O)O. The Morgan fingerprint density at radius 1 is 1.53 bits per heavy atom. The smallest absolute Gasteiger partial charge is 0.320 e. The fourth-order valence-electron chi connectivity index (χ4n) is 1.19. The average molecular weight is 213 g/mol. The fourth-order valence-corrected chi connectivity index (χ4v) is 1.19. The molecule has 1 aromatic rings. The van der Waals surface area contributed by atoms with Crippen molar-refractivity contribution < 1.29 is 19.4 Å². The molecule has 0 saturated heterocycles. The van der Waals surface area contributed by atoms with Crippen LogP contribution in [0.5, 0.6) is 0 Å². The van der Waals surface area contributed by atoms with Gasteiger partial charge >= 0.3 is 5.97 Å². The second-order valence-electron chi connectivity index (χ2n) is 3.25. The van der Waals surface area contributed by atoms with Crippen molar-refractivity contribution >= 4 is 5.97 Å². The second-order valence-corrected chi connectivity index (χ2v) is 3.25. The third-order valence-corrected chi connectivity index (χ3v) is 2.03. The molecule has 4 nitrogen and oxygen atoms in total. The molecule has 1 aromatic carbocycles. The molecule has 0 heterocycles. The van der Waals surface area contributed by atoms with E-state index in [1.807, 2.05) is 0 Å². The van der Waals surface area contributed by atoms with Crippen LogP contribution < -0.4 is 5.73 Å². The number of nitrogens with two attached hydrogens (primary N) is 1. The molecule has 0 aromatic heterocycles. The predicted octanol–water partition coefficient (Wildman–Crippen LogP) is 0.661. The highest BCUT2D eigenvalue weighted by molar-refractivity contribution is 5.73. The highest BCUT2D eigenvalue weighted by Crippen LogP contribution is 2.18. The van der Waals surface area contributed by atoms with Gasteiger partial charge in [0, 0.05) is 6.42 Å². The third-order valence-electron chi connectivity index (χ3n) is 2.03. The van der Waals surface area contributed by atoms with E-state index < -0.39 is 23.9 Å². The number of carboxylic acids is 1. The summed E-state index contributed by atoms with van der Waals surface area (Å²) in [6.45, 7) is 0. The Morgan fingerprint density at radius 2 is 2.20 bits per heavy atom. The lowest BCUT2D eigenvalue weighted by Crippen LogP contribution is -2.31. The van der Waals surface area contributed by atoms with Crippen LogP contribution in [0.25, 0.3) is 0 Å². The summed E-state index contributed by atoms with van der Waals surface area (Å²) in [5, 5.41) is 18.1. The van der Waals surface area contributed by atoms with Crippen molar-refractivity contribution in [2.24, 2.45) is 5.73 Å². The van der Waals surface area contributed by atoms with Gasteiger partial charge in [-0.15, -0.1) is 0 Å². The first-order chi connectivity index (χ1) is 7.00. The number of carbonyl (C=O) groups is 1. The average Bonchev–Trinajstić information content (AvgIpc) is 2.17. The Hall–Kier alpha value is -1.46. The third kappa shape index (κ3) is 3.30. The Morgan fingerprint density at radius 3 is 2.73 bits per heavy atom. The van der Waals surface area contributed by atoms with Crippen LogP contribution in [0.2, 0.25) is 0 Å². The summed E-state index contributed by atoms with van der Waals surface area (Å²) in [6.07, 6.45) is -1.20. The first kappa shape index (κ1) is 11.6. The molecule has 0 fully saturated rings. The minimum atomic E-state index is -1.19. The molecule has 82 valence electrons. The zero-order valence-electron chi connectivity index (χ0n) is 7.93. The molecule has 0 spiro atoms. The van der Waals surface area contributed by atoms with E-state index >= 15 is 0 Å². The number of hydrogen-bond acceptors (Lipinski definition) is 3. The molecule has 0 amide bonds. The fraction of sp³-hybridized carbons (Fsp3) is 0.300. The van der Waals surface area contributed by atoms with Crippen molar-refractivity contribution in [3.05, 3.63) is 35.6 Å². The molecule has 15 heavy (non-hydrogen) atoms. The van der Waals surface area contributed by atoms with Crippen LogP contribution in [0.15, 0.2) is 24.3 Å². The maximum atomic E-state index is 12.8. The highest BCUT2D eigenvalue weighted by Gasteiger charge is 2.18. The molecule has 0 radical (unpaired) electrons. The lowest BCUT2D eigenvalue weighted by Gasteiger charge is -2.13. The van der Waals surface area contributed by atoms with Crippen LogP contribution >= 0.6 is 0 Å². The van der Waals surface area contributed by atoms with E-state index in [0.29, 0.717) is 5.56 Å². The van der Waals surface area contributed by atoms with E-state index in [1.165, 1.54) is 18.2 Å². The van der Waals surface area contributed by atoms with Crippen molar-refractivity contribution in [3.63, 3.8) is 0 Å². The topological polar surface area (TPSA) is 83.5 Å². The van der Waals surface area contributed by atoms with Gasteiger partial charge in [-0.2, -0.15) is 0 Å². The molecule has 0 bridgehead atoms. The lowest BCUT2D eigenvalue weighted by molar-refractivity contribution is -0.139. The molecule has 5 heteroatoms. The van der Waals surface area contributed by atoms with Crippen molar-refractivity contribution in [2.75, 3.05) is 0 Å². The summed E-state index contributed by atoms with van der Waals surface area (Å²) < 4.78 is 12.8. The van der Waals surface area contributed by atoms with Gasteiger partial charge in [-0.3, -0.25) is 4.79 Å². The molecular formula is C10H12FNO3. The Kier molecular flexibility index (Phi) is 3.76. The Bertz CT molecular complexity index is 356. The molecule has 2 atom stereocenters. The van der Waals surface area contributed by atoms with Crippen LogP contribution in [0, 0.1) is 5.82 Å². The van der Waals surface area contributed by atoms with Gasteiger partial charge in [-0.05, 0) is 17.7 Å². The van der Waals surface area contributed by atoms with Gasteiger partial charge in [0.25, 0.3) is 0 Å². The normalized spacial score (nSPS) is 14.6. The maximum absolute atomic E-state index is 12.8. The second kappa shape index (κ2) is 4.86. The van der Waals surface area contributed by atoms with Gasteiger partial charge in [-0.1, -0.05) is 12.1 Å². The Balaban J connectivity index is 2.68. The van der Waals surface area contributed by atoms with E-state index in [0.717, 1.165) is 6.07 Å². The van der Waals surface area contributed by atoms with Crippen LogP contribution in [0.1, 0.15) is 18.1 Å². The molecule has 1 rings (SSSR count). The summed E-state index contributed by atoms with van der Waals surface area (Å²) in [4.78, 5) is 10.4. The maximum Gasteiger partial charge on any atom is 0.320 e. The van der Waals surface area contributed by atoms with E-state index in [2.05, 4.69) is 0 Å². The minimum absolute atomic E-state index is 0.140. The zero-order chi connectivity index (χ0) is 11.4. The number of carboxylic acid groups (broad SMARTS) is 1. The highest BCUT2D eigenvalue weighted by atomic mass is 19.1. The zero-order valence-corrected chi connectivity index (χ0v) is 7.93. The molecule has 0 aliphatic carbocycles. The summed E-state index contributed by atoms with van der Waals surface area (Å²) >= 11 is 0. The molecular weight excluding hydrogens is 201 g/mol. The van der Waals surface area contributed by atoms with Gasteiger partial charge in [-0.25, -0.2) is 4.39 Å². The van der Waals surface area contributed by atoms with Crippen molar-refractivity contribution in [1.29, 1.82) is 0 Å². The molecule has 2 unspecified atom stereocenters. The number of rotatable bonds is 4. The van der Waals surface area contributed by atoms with Gasteiger partial charge < -0.3 is 15.9 Å². The Labute approximate surface area is 86.1 Å². The van der Waals surface area contributed by atoms with Crippen molar-refractivity contribution in [2.45, 2.75) is 18.6 Å². The van der Waals surface area contributed by atoms with Gasteiger partial charge in [0.2, 0.25) is 0 Å². The number of benzene rings is 1. The number of aliphatic carboxylic acids is 1. The number of hydrogen-bond donors (Lipinski definition) is 3. The summed E-state index contributed by atoms with van der Waals surface area (Å²) in [5.41, 5.74) is 5.57. The standard InChI is InChI=1S/C10H12FNO3/c11-7-3-1-2-6(4-7)9(13)5-8(12)10(14)15/h1-4,8-9,13H,5,12H2,(H,14,15). The number of aliphatic hydroxyl groups excluding tert-OH is 1. The summed E-state index contributed by atoms with van der Waals surface area (Å²) in [5.74, 6) is -1.67. The van der Waals surface area contributed by atoms with E-state index in [1.54, 1.807) is 0 Å². The number of aliphatic hydroxyl groups is 1. The van der Waals surface area contributed by atoms with Crippen LogP contribution in [-0.4, -0.2) is 22.2 Å². The molecule has 0 saturated carbocycles. The molecule has 0 aliphatic heterocycles. The van der Waals surface area contributed by atoms with Gasteiger partial charge in [0.05, 0.1) is 6.10 Å². The molecule has 0 aliphatic rings. The van der Waals surface area contributed by atoms with Crippen LogP contribution in [0.4, 0.5) is 4.39 Å². The number of halogens is 1. The van der Waals surface area contributed by atoms with E-state index in [9.17, 15) is 14.3 Å². The van der Waals surface area contributed by atoms with Gasteiger partial charge in [0.1, 0.15) is 11.9 Å².